The second-order valence-electron chi connectivity index (χ2n) is 3.51. The molecule has 2 rings (SSSR count). The summed E-state index contributed by atoms with van der Waals surface area (Å²) in [6.45, 7) is 6.46. The van der Waals surface area contributed by atoms with Crippen LogP contribution in [0.4, 0.5) is 0 Å². The zero-order valence-corrected chi connectivity index (χ0v) is 8.26. The van der Waals surface area contributed by atoms with Crippen LogP contribution in [0.3, 0.4) is 0 Å². The van der Waals surface area contributed by atoms with Crippen molar-refractivity contribution in [3.05, 3.63) is 41.1 Å². The van der Waals surface area contributed by atoms with Crippen molar-refractivity contribution in [2.75, 3.05) is 0 Å². The van der Waals surface area contributed by atoms with Gasteiger partial charge in [0, 0.05) is 11.6 Å². The summed E-state index contributed by atoms with van der Waals surface area (Å²) in [7, 11) is 0. The van der Waals surface area contributed by atoms with E-state index < -0.39 is 0 Å². The molecule has 1 aromatic carbocycles. The third-order valence-corrected chi connectivity index (χ3v) is 2.75. The van der Waals surface area contributed by atoms with Crippen LogP contribution >= 0.6 is 0 Å². The first kappa shape index (κ1) is 8.24. The number of hydrogen-bond donors (Lipinski definition) is 0. The normalized spacial score (nSPS) is 10.7. The highest BCUT2D eigenvalue weighted by Crippen LogP contribution is 2.22. The Morgan fingerprint density at radius 2 is 1.85 bits per heavy atom. The van der Waals surface area contributed by atoms with Crippen molar-refractivity contribution in [3.63, 3.8) is 0 Å². The smallest absolute Gasteiger partial charge is 0.0707 e. The number of fused-ring (bicyclic) bond motifs is 1. The third-order valence-electron chi connectivity index (χ3n) is 2.75. The predicted octanol–water partition coefficient (Wildman–Crippen LogP) is 3.16. The lowest BCUT2D eigenvalue weighted by Crippen LogP contribution is -1.89. The Balaban J connectivity index is 2.94. The van der Waals surface area contributed by atoms with Gasteiger partial charge in [-0.2, -0.15) is 0 Å². The van der Waals surface area contributed by atoms with Crippen molar-refractivity contribution in [2.24, 2.45) is 0 Å². The molecule has 13 heavy (non-hydrogen) atoms. The molecule has 2 aromatic rings. The van der Waals surface area contributed by atoms with E-state index >= 15 is 0 Å². The van der Waals surface area contributed by atoms with Crippen molar-refractivity contribution in [3.8, 4) is 0 Å². The zero-order chi connectivity index (χ0) is 9.42. The highest BCUT2D eigenvalue weighted by molar-refractivity contribution is 5.83. The van der Waals surface area contributed by atoms with E-state index in [0.717, 1.165) is 5.52 Å². The molecule has 0 N–H and O–H groups in total. The summed E-state index contributed by atoms with van der Waals surface area (Å²) in [6.07, 6.45) is 1.84. The molecule has 0 saturated carbocycles. The number of aromatic nitrogens is 1. The largest absolute Gasteiger partial charge is 0.256 e. The maximum absolute atomic E-state index is 4.34. The Bertz CT molecular complexity index is 458. The van der Waals surface area contributed by atoms with Gasteiger partial charge in [-0.15, -0.1) is 0 Å². The van der Waals surface area contributed by atoms with E-state index in [1.54, 1.807) is 0 Å². The van der Waals surface area contributed by atoms with Gasteiger partial charge >= 0.3 is 0 Å². The molecular formula is C12H13N. The minimum atomic E-state index is 1.10. The molecule has 0 aliphatic rings. The number of nitrogens with zero attached hydrogens (tertiary/aromatic N) is 1. The van der Waals surface area contributed by atoms with Gasteiger partial charge in [-0.05, 0) is 49.6 Å². The molecule has 1 aromatic heterocycles. The summed E-state index contributed by atoms with van der Waals surface area (Å²) in [5, 5.41) is 1.27. The lowest BCUT2D eigenvalue weighted by molar-refractivity contribution is 1.27. The average Bonchev–Trinajstić information content (AvgIpc) is 2.15. The van der Waals surface area contributed by atoms with Gasteiger partial charge in [0.25, 0.3) is 0 Å². The van der Waals surface area contributed by atoms with Gasteiger partial charge in [-0.3, -0.25) is 4.98 Å². The molecule has 1 heteroatoms. The van der Waals surface area contributed by atoms with Gasteiger partial charge in [0.15, 0.2) is 0 Å². The monoisotopic (exact) mass is 171 g/mol. The van der Waals surface area contributed by atoms with Crippen molar-refractivity contribution in [2.45, 2.75) is 20.8 Å². The standard InChI is InChI=1S/C12H13N/c1-8-7-12-11(5-4-6-13-12)10(3)9(8)2/h4-7H,1-3H3. The summed E-state index contributed by atoms with van der Waals surface area (Å²) in [5.74, 6) is 0. The van der Waals surface area contributed by atoms with E-state index in [4.69, 9.17) is 0 Å². The minimum Gasteiger partial charge on any atom is -0.256 e. The Hall–Kier alpha value is -1.37. The molecule has 0 unspecified atom stereocenters. The van der Waals surface area contributed by atoms with Gasteiger partial charge in [0.05, 0.1) is 5.52 Å². The van der Waals surface area contributed by atoms with Crippen LogP contribution in [-0.2, 0) is 0 Å². The topological polar surface area (TPSA) is 12.9 Å². The van der Waals surface area contributed by atoms with Gasteiger partial charge in [0.1, 0.15) is 0 Å². The summed E-state index contributed by atoms with van der Waals surface area (Å²) in [5.41, 5.74) is 5.15. The first-order chi connectivity index (χ1) is 6.20. The fourth-order valence-corrected chi connectivity index (χ4v) is 1.66. The lowest BCUT2D eigenvalue weighted by Gasteiger charge is -2.07. The number of pyridine rings is 1. The van der Waals surface area contributed by atoms with Crippen LogP contribution in [0.1, 0.15) is 16.7 Å². The van der Waals surface area contributed by atoms with Crippen LogP contribution in [0, 0.1) is 20.8 Å². The van der Waals surface area contributed by atoms with Crippen molar-refractivity contribution >= 4 is 10.9 Å². The summed E-state index contributed by atoms with van der Waals surface area (Å²) < 4.78 is 0. The fourth-order valence-electron chi connectivity index (χ4n) is 1.66. The molecule has 0 aliphatic carbocycles. The van der Waals surface area contributed by atoms with Crippen LogP contribution in [0.5, 0.6) is 0 Å². The number of rotatable bonds is 0. The average molecular weight is 171 g/mol. The first-order valence-corrected chi connectivity index (χ1v) is 4.51. The quantitative estimate of drug-likeness (QED) is 0.593. The molecule has 0 spiro atoms. The number of hydrogen-bond acceptors (Lipinski definition) is 1. The molecular weight excluding hydrogens is 158 g/mol. The van der Waals surface area contributed by atoms with Gasteiger partial charge in [-0.1, -0.05) is 6.07 Å². The van der Waals surface area contributed by atoms with Crippen molar-refractivity contribution in [1.82, 2.24) is 4.98 Å². The maximum Gasteiger partial charge on any atom is 0.0707 e. The molecule has 1 nitrogen and oxygen atoms in total. The second kappa shape index (κ2) is 2.84. The van der Waals surface area contributed by atoms with Crippen LogP contribution in [0.2, 0.25) is 0 Å². The molecule has 0 bridgehead atoms. The van der Waals surface area contributed by atoms with E-state index in [2.05, 4.69) is 37.9 Å². The van der Waals surface area contributed by atoms with E-state index in [9.17, 15) is 0 Å². The third kappa shape index (κ3) is 1.21. The molecule has 0 fully saturated rings. The highest BCUT2D eigenvalue weighted by Gasteiger charge is 2.03. The van der Waals surface area contributed by atoms with Gasteiger partial charge in [-0.25, -0.2) is 0 Å². The van der Waals surface area contributed by atoms with Crippen molar-refractivity contribution in [1.29, 1.82) is 0 Å². The van der Waals surface area contributed by atoms with E-state index in [-0.39, 0.29) is 0 Å². The van der Waals surface area contributed by atoms with Crippen LogP contribution in [-0.4, -0.2) is 4.98 Å². The second-order valence-corrected chi connectivity index (χ2v) is 3.51. The number of aryl methyl sites for hydroxylation is 2. The summed E-state index contributed by atoms with van der Waals surface area (Å²) >= 11 is 0. The lowest BCUT2D eigenvalue weighted by atomic mass is 10.00. The van der Waals surface area contributed by atoms with E-state index in [1.165, 1.54) is 22.1 Å². The Morgan fingerprint density at radius 3 is 2.62 bits per heavy atom. The molecule has 0 amide bonds. The number of benzene rings is 1. The van der Waals surface area contributed by atoms with Crippen LogP contribution < -0.4 is 0 Å². The molecule has 0 saturated heterocycles. The highest BCUT2D eigenvalue weighted by atomic mass is 14.6. The predicted molar refractivity (Wildman–Crippen MR) is 56.0 cm³/mol. The molecule has 66 valence electrons. The first-order valence-electron chi connectivity index (χ1n) is 4.51. The molecule has 0 radical (unpaired) electrons. The Morgan fingerprint density at radius 1 is 1.08 bits per heavy atom. The Labute approximate surface area is 78.4 Å². The Kier molecular flexibility index (Phi) is 1.80. The van der Waals surface area contributed by atoms with E-state index in [1.807, 2.05) is 12.3 Å². The summed E-state index contributed by atoms with van der Waals surface area (Å²) in [6, 6.07) is 6.27. The van der Waals surface area contributed by atoms with Crippen LogP contribution in [0.25, 0.3) is 10.9 Å². The SMILES string of the molecule is Cc1cc2ncccc2c(C)c1C. The molecule has 1 heterocycles. The van der Waals surface area contributed by atoms with Gasteiger partial charge < -0.3 is 0 Å². The minimum absolute atomic E-state index is 1.10. The molecule has 0 atom stereocenters. The fraction of sp³-hybridized carbons (Fsp3) is 0.250. The summed E-state index contributed by atoms with van der Waals surface area (Å²) in [4.78, 5) is 4.34. The van der Waals surface area contributed by atoms with E-state index in [0.29, 0.717) is 0 Å². The van der Waals surface area contributed by atoms with Crippen LogP contribution in [0.15, 0.2) is 24.4 Å². The molecule has 0 aliphatic heterocycles. The zero-order valence-electron chi connectivity index (χ0n) is 8.26. The maximum atomic E-state index is 4.34. The van der Waals surface area contributed by atoms with Gasteiger partial charge in [0.2, 0.25) is 0 Å². The van der Waals surface area contributed by atoms with Crippen molar-refractivity contribution < 1.29 is 0 Å².